The molecule has 31 heavy (non-hydrogen) atoms. The van der Waals surface area contributed by atoms with Crippen molar-refractivity contribution in [2.75, 3.05) is 44.3 Å². The van der Waals surface area contributed by atoms with Crippen LogP contribution in [-0.2, 0) is 14.4 Å². The maximum Gasteiger partial charge on any atom is 0.250 e. The third-order valence-electron chi connectivity index (χ3n) is 7.05. The second-order valence-electron chi connectivity index (χ2n) is 9.01. The lowest BCUT2D eigenvalue weighted by atomic mass is 9.85. The van der Waals surface area contributed by atoms with Gasteiger partial charge in [-0.1, -0.05) is 31.5 Å². The van der Waals surface area contributed by atoms with Gasteiger partial charge >= 0.3 is 0 Å². The normalized spacial score (nSPS) is 20.7. The van der Waals surface area contributed by atoms with E-state index in [0.717, 1.165) is 44.5 Å². The third-order valence-corrected chi connectivity index (χ3v) is 7.05. The Bertz CT molecular complexity index is 798. The highest BCUT2D eigenvalue weighted by molar-refractivity contribution is 5.96. The van der Waals surface area contributed by atoms with Crippen molar-refractivity contribution in [1.82, 2.24) is 14.7 Å². The summed E-state index contributed by atoms with van der Waals surface area (Å²) in [5.41, 5.74) is 0.325. The molecule has 0 saturated carbocycles. The van der Waals surface area contributed by atoms with Gasteiger partial charge in [0.2, 0.25) is 11.8 Å². The first-order valence-corrected chi connectivity index (χ1v) is 11.7. The molecule has 0 aliphatic carbocycles. The van der Waals surface area contributed by atoms with Crippen LogP contribution in [0.5, 0.6) is 0 Å². The molecule has 0 N–H and O–H groups in total. The summed E-state index contributed by atoms with van der Waals surface area (Å²) < 4.78 is 0. The Morgan fingerprint density at radius 3 is 2.23 bits per heavy atom. The van der Waals surface area contributed by atoms with Gasteiger partial charge in [0.1, 0.15) is 12.1 Å². The van der Waals surface area contributed by atoms with Crippen LogP contribution >= 0.6 is 0 Å². The Morgan fingerprint density at radius 2 is 1.58 bits per heavy atom. The monoisotopic (exact) mass is 426 g/mol. The van der Waals surface area contributed by atoms with E-state index in [9.17, 15) is 14.4 Å². The molecule has 7 heteroatoms. The first kappa shape index (κ1) is 21.7. The van der Waals surface area contributed by atoms with Gasteiger partial charge in [0.15, 0.2) is 0 Å². The van der Waals surface area contributed by atoms with Crippen molar-refractivity contribution < 1.29 is 14.4 Å². The molecule has 168 valence electrons. The minimum atomic E-state index is -0.672. The minimum Gasteiger partial charge on any atom is -0.342 e. The molecule has 0 radical (unpaired) electrons. The summed E-state index contributed by atoms with van der Waals surface area (Å²) in [5.74, 6) is 0.266. The van der Waals surface area contributed by atoms with Gasteiger partial charge < -0.3 is 19.6 Å². The summed E-state index contributed by atoms with van der Waals surface area (Å²) in [7, 11) is 0. The van der Waals surface area contributed by atoms with E-state index in [4.69, 9.17) is 0 Å². The van der Waals surface area contributed by atoms with Gasteiger partial charge in [0, 0.05) is 38.3 Å². The molecule has 3 amide bonds. The number of carbonyl (C=O) groups excluding carboxylic acids is 3. The highest BCUT2D eigenvalue weighted by Gasteiger charge is 2.54. The average molecular weight is 427 g/mol. The zero-order chi connectivity index (χ0) is 21.8. The van der Waals surface area contributed by atoms with Gasteiger partial charge in [-0.3, -0.25) is 14.4 Å². The number of likely N-dealkylation sites (tertiary alicyclic amines) is 2. The first-order valence-electron chi connectivity index (χ1n) is 11.7. The fourth-order valence-corrected chi connectivity index (χ4v) is 5.16. The van der Waals surface area contributed by atoms with Crippen LogP contribution in [0.2, 0.25) is 0 Å². The Balaban J connectivity index is 1.51. The largest absolute Gasteiger partial charge is 0.342 e. The zero-order valence-electron chi connectivity index (χ0n) is 18.6. The van der Waals surface area contributed by atoms with Gasteiger partial charge in [-0.25, -0.2) is 0 Å². The van der Waals surface area contributed by atoms with Crippen molar-refractivity contribution in [1.29, 1.82) is 0 Å². The van der Waals surface area contributed by atoms with Crippen molar-refractivity contribution in [3.63, 3.8) is 0 Å². The molecule has 1 aromatic carbocycles. The van der Waals surface area contributed by atoms with Crippen molar-refractivity contribution in [3.8, 4) is 0 Å². The van der Waals surface area contributed by atoms with Crippen LogP contribution in [0.15, 0.2) is 30.3 Å². The van der Waals surface area contributed by atoms with Crippen LogP contribution in [-0.4, -0.2) is 77.4 Å². The van der Waals surface area contributed by atoms with Gasteiger partial charge in [0.25, 0.3) is 5.91 Å². The lowest BCUT2D eigenvalue weighted by molar-refractivity contribution is -0.141. The molecular formula is C24H34N4O3. The second-order valence-corrected chi connectivity index (χ2v) is 9.01. The van der Waals surface area contributed by atoms with E-state index in [1.165, 1.54) is 0 Å². The molecule has 3 aliphatic heterocycles. The molecule has 7 nitrogen and oxygen atoms in total. The van der Waals surface area contributed by atoms with E-state index in [2.05, 4.69) is 11.8 Å². The number of hydrogen-bond acceptors (Lipinski definition) is 4. The topological polar surface area (TPSA) is 64.2 Å². The number of nitrogens with zero attached hydrogens (tertiary/aromatic N) is 4. The Labute approximate surface area is 185 Å². The van der Waals surface area contributed by atoms with Crippen molar-refractivity contribution >= 4 is 23.4 Å². The number of para-hydroxylation sites is 1. The summed E-state index contributed by atoms with van der Waals surface area (Å²) in [6.07, 6.45) is 5.78. The van der Waals surface area contributed by atoms with E-state index in [1.807, 2.05) is 40.1 Å². The van der Waals surface area contributed by atoms with Gasteiger partial charge in [-0.2, -0.15) is 0 Å². The third kappa shape index (κ3) is 4.27. The highest BCUT2D eigenvalue weighted by Crippen LogP contribution is 2.39. The van der Waals surface area contributed by atoms with E-state index in [-0.39, 0.29) is 24.3 Å². The standard InChI is InChI=1S/C24H34N4O3/c1-2-3-11-21(29)26-16-12-24(13-17-26)23(31)27(18-22(30)25-14-7-8-15-25)19-28(24)20-9-5-4-6-10-20/h4-6,9-10H,2-3,7-8,11-19H2,1H3. The van der Waals surface area contributed by atoms with Gasteiger partial charge in [0.05, 0.1) is 6.67 Å². The Morgan fingerprint density at radius 1 is 0.935 bits per heavy atom. The van der Waals surface area contributed by atoms with Crippen LogP contribution in [0, 0.1) is 0 Å². The van der Waals surface area contributed by atoms with E-state index < -0.39 is 5.54 Å². The Hall–Kier alpha value is -2.57. The smallest absolute Gasteiger partial charge is 0.250 e. The fraction of sp³-hybridized carbons (Fsp3) is 0.625. The first-order chi connectivity index (χ1) is 15.0. The van der Waals surface area contributed by atoms with Crippen molar-refractivity contribution in [2.24, 2.45) is 0 Å². The summed E-state index contributed by atoms with van der Waals surface area (Å²) in [4.78, 5) is 46.6. The van der Waals surface area contributed by atoms with Gasteiger partial charge in [-0.05, 0) is 44.2 Å². The average Bonchev–Trinajstić information content (AvgIpc) is 3.43. The van der Waals surface area contributed by atoms with Crippen molar-refractivity contribution in [2.45, 2.75) is 57.4 Å². The molecule has 0 atom stereocenters. The van der Waals surface area contributed by atoms with Crippen molar-refractivity contribution in [3.05, 3.63) is 30.3 Å². The number of benzene rings is 1. The summed E-state index contributed by atoms with van der Waals surface area (Å²) in [6, 6.07) is 9.99. The maximum absolute atomic E-state index is 13.7. The number of piperidine rings is 1. The SMILES string of the molecule is CCCCC(=O)N1CCC2(CC1)C(=O)N(CC(=O)N1CCCC1)CN2c1ccccc1. The zero-order valence-corrected chi connectivity index (χ0v) is 18.6. The molecule has 1 aromatic rings. The van der Waals surface area contributed by atoms with Crippen LogP contribution in [0.25, 0.3) is 0 Å². The second kappa shape index (κ2) is 9.28. The maximum atomic E-state index is 13.7. The summed E-state index contributed by atoms with van der Waals surface area (Å²) in [5, 5.41) is 0. The number of carbonyl (C=O) groups is 3. The lowest BCUT2D eigenvalue weighted by Crippen LogP contribution is -2.57. The number of unbranched alkanes of at least 4 members (excludes halogenated alkanes) is 1. The number of hydrogen-bond donors (Lipinski definition) is 0. The molecule has 0 bridgehead atoms. The van der Waals surface area contributed by atoms with Crippen LogP contribution in [0.1, 0.15) is 51.9 Å². The molecule has 0 unspecified atom stereocenters. The molecule has 3 saturated heterocycles. The summed E-state index contributed by atoms with van der Waals surface area (Å²) in [6.45, 7) is 5.42. The minimum absolute atomic E-state index is 0.0320. The molecule has 4 rings (SSSR count). The molecule has 1 spiro atoms. The van der Waals surface area contributed by atoms with Crippen LogP contribution in [0.3, 0.4) is 0 Å². The predicted molar refractivity (Wildman–Crippen MR) is 119 cm³/mol. The quantitative estimate of drug-likeness (QED) is 0.701. The van der Waals surface area contributed by atoms with Gasteiger partial charge in [-0.15, -0.1) is 0 Å². The van der Waals surface area contributed by atoms with E-state index in [0.29, 0.717) is 39.0 Å². The van der Waals surface area contributed by atoms with Crippen LogP contribution < -0.4 is 4.90 Å². The van der Waals surface area contributed by atoms with Crippen LogP contribution in [0.4, 0.5) is 5.69 Å². The predicted octanol–water partition coefficient (Wildman–Crippen LogP) is 2.47. The number of anilines is 1. The number of rotatable bonds is 6. The number of amides is 3. The lowest BCUT2D eigenvalue weighted by Gasteiger charge is -2.43. The van der Waals surface area contributed by atoms with E-state index >= 15 is 0 Å². The molecule has 3 fully saturated rings. The molecule has 3 heterocycles. The van der Waals surface area contributed by atoms with E-state index in [1.54, 1.807) is 4.90 Å². The molecule has 3 aliphatic rings. The summed E-state index contributed by atoms with van der Waals surface area (Å²) >= 11 is 0. The Kier molecular flexibility index (Phi) is 6.49. The molecular weight excluding hydrogens is 392 g/mol. The molecule has 0 aromatic heterocycles. The fourth-order valence-electron chi connectivity index (χ4n) is 5.16. The highest BCUT2D eigenvalue weighted by atomic mass is 16.2.